The van der Waals surface area contributed by atoms with E-state index in [-0.39, 0.29) is 23.8 Å². The van der Waals surface area contributed by atoms with Crippen molar-refractivity contribution in [3.63, 3.8) is 0 Å². The Morgan fingerprint density at radius 2 is 1.75 bits per heavy atom. The van der Waals surface area contributed by atoms with Crippen LogP contribution in [-0.4, -0.2) is 31.0 Å². The number of benzene rings is 2. The normalized spacial score (nSPS) is 16.8. The van der Waals surface area contributed by atoms with E-state index in [0.29, 0.717) is 18.7 Å². The van der Waals surface area contributed by atoms with Crippen molar-refractivity contribution >= 4 is 17.5 Å². The SMILES string of the molecule is COc1ccc(NC(=O)[C@H](NC(=O)[C@H]2Cc3ccccc3CN2)C(C)C)cc1. The van der Waals surface area contributed by atoms with Gasteiger partial charge in [0.1, 0.15) is 11.8 Å². The molecule has 3 N–H and O–H groups in total. The average Bonchev–Trinajstić information content (AvgIpc) is 2.71. The molecule has 0 aromatic heterocycles. The quantitative estimate of drug-likeness (QED) is 0.718. The van der Waals surface area contributed by atoms with E-state index in [1.54, 1.807) is 31.4 Å². The van der Waals surface area contributed by atoms with Crippen LogP contribution in [0.25, 0.3) is 0 Å². The van der Waals surface area contributed by atoms with Gasteiger partial charge in [-0.15, -0.1) is 0 Å². The maximum absolute atomic E-state index is 12.8. The zero-order chi connectivity index (χ0) is 20.1. The van der Waals surface area contributed by atoms with E-state index in [1.165, 1.54) is 11.1 Å². The van der Waals surface area contributed by atoms with Crippen LogP contribution >= 0.6 is 0 Å². The highest BCUT2D eigenvalue weighted by molar-refractivity contribution is 5.98. The molecule has 0 aliphatic carbocycles. The molecule has 0 fully saturated rings. The van der Waals surface area contributed by atoms with E-state index in [9.17, 15) is 9.59 Å². The predicted molar refractivity (Wildman–Crippen MR) is 109 cm³/mol. The van der Waals surface area contributed by atoms with Crippen LogP contribution in [0.2, 0.25) is 0 Å². The van der Waals surface area contributed by atoms with Crippen molar-refractivity contribution in [2.45, 2.75) is 38.9 Å². The van der Waals surface area contributed by atoms with Crippen molar-refractivity contribution in [2.75, 3.05) is 12.4 Å². The van der Waals surface area contributed by atoms with Crippen LogP contribution in [0.4, 0.5) is 5.69 Å². The first-order valence-corrected chi connectivity index (χ1v) is 9.53. The molecule has 6 nitrogen and oxygen atoms in total. The number of amides is 2. The van der Waals surface area contributed by atoms with Gasteiger partial charge in [0, 0.05) is 12.2 Å². The van der Waals surface area contributed by atoms with Crippen molar-refractivity contribution in [2.24, 2.45) is 5.92 Å². The highest BCUT2D eigenvalue weighted by atomic mass is 16.5. The molecule has 0 radical (unpaired) electrons. The third-order valence-corrected chi connectivity index (χ3v) is 5.00. The minimum absolute atomic E-state index is 0.0434. The first-order chi connectivity index (χ1) is 13.5. The summed E-state index contributed by atoms with van der Waals surface area (Å²) in [4.78, 5) is 25.5. The first-order valence-electron chi connectivity index (χ1n) is 9.53. The average molecular weight is 381 g/mol. The monoisotopic (exact) mass is 381 g/mol. The topological polar surface area (TPSA) is 79.5 Å². The lowest BCUT2D eigenvalue weighted by Gasteiger charge is -2.28. The Kier molecular flexibility index (Phi) is 6.31. The van der Waals surface area contributed by atoms with Crippen LogP contribution in [-0.2, 0) is 22.6 Å². The molecule has 28 heavy (non-hydrogen) atoms. The first kappa shape index (κ1) is 19.9. The molecule has 1 aliphatic heterocycles. The molecule has 6 heteroatoms. The Hall–Kier alpha value is -2.86. The summed E-state index contributed by atoms with van der Waals surface area (Å²) in [6.07, 6.45) is 0.618. The van der Waals surface area contributed by atoms with Crippen LogP contribution in [0.1, 0.15) is 25.0 Å². The lowest BCUT2D eigenvalue weighted by molar-refractivity contribution is -0.128. The summed E-state index contributed by atoms with van der Waals surface area (Å²) in [5, 5.41) is 9.05. The fraction of sp³-hybridized carbons (Fsp3) is 0.364. The van der Waals surface area contributed by atoms with Crippen molar-refractivity contribution in [3.8, 4) is 5.75 Å². The largest absolute Gasteiger partial charge is 0.497 e. The van der Waals surface area contributed by atoms with E-state index in [2.05, 4.69) is 22.0 Å². The molecular weight excluding hydrogens is 354 g/mol. The van der Waals surface area contributed by atoms with E-state index >= 15 is 0 Å². The van der Waals surface area contributed by atoms with Gasteiger partial charge in [-0.2, -0.15) is 0 Å². The molecular formula is C22H27N3O3. The summed E-state index contributed by atoms with van der Waals surface area (Å²) < 4.78 is 5.13. The summed E-state index contributed by atoms with van der Waals surface area (Å²) in [5.74, 6) is 0.288. The third kappa shape index (κ3) is 4.70. The molecule has 0 saturated heterocycles. The third-order valence-electron chi connectivity index (χ3n) is 5.00. The Bertz CT molecular complexity index is 833. The number of hydrogen-bond donors (Lipinski definition) is 3. The molecule has 1 heterocycles. The van der Waals surface area contributed by atoms with Crippen molar-refractivity contribution in [1.29, 1.82) is 0 Å². The maximum Gasteiger partial charge on any atom is 0.247 e. The number of carbonyl (C=O) groups excluding carboxylic acids is 2. The lowest BCUT2D eigenvalue weighted by Crippen LogP contribution is -2.54. The summed E-state index contributed by atoms with van der Waals surface area (Å²) in [6, 6.07) is 14.2. The van der Waals surface area contributed by atoms with Crippen molar-refractivity contribution in [1.82, 2.24) is 10.6 Å². The van der Waals surface area contributed by atoms with Crippen LogP contribution in [0.15, 0.2) is 48.5 Å². The minimum Gasteiger partial charge on any atom is -0.497 e. The number of ether oxygens (including phenoxy) is 1. The maximum atomic E-state index is 12.8. The lowest BCUT2D eigenvalue weighted by atomic mass is 9.94. The van der Waals surface area contributed by atoms with E-state index in [4.69, 9.17) is 4.74 Å². The van der Waals surface area contributed by atoms with Crippen molar-refractivity contribution < 1.29 is 14.3 Å². The van der Waals surface area contributed by atoms with Gasteiger partial charge in [-0.3, -0.25) is 9.59 Å². The number of nitrogens with one attached hydrogen (secondary N) is 3. The smallest absolute Gasteiger partial charge is 0.247 e. The summed E-state index contributed by atoms with van der Waals surface area (Å²) in [5.41, 5.74) is 3.05. The molecule has 0 bridgehead atoms. The number of rotatable bonds is 6. The standard InChI is InChI=1S/C22H27N3O3/c1-14(2)20(22(27)24-17-8-10-18(28-3)11-9-17)25-21(26)19-12-15-6-4-5-7-16(15)13-23-19/h4-11,14,19-20,23H,12-13H2,1-3H3,(H,24,27)(H,25,26)/t19-,20-/m1/s1. The molecule has 3 rings (SSSR count). The van der Waals surface area contributed by atoms with Crippen LogP contribution in [0.3, 0.4) is 0 Å². The van der Waals surface area contributed by atoms with Gasteiger partial charge >= 0.3 is 0 Å². The predicted octanol–water partition coefficient (Wildman–Crippen LogP) is 2.49. The highest BCUT2D eigenvalue weighted by Crippen LogP contribution is 2.18. The molecule has 1 aliphatic rings. The van der Waals surface area contributed by atoms with Gasteiger partial charge in [-0.05, 0) is 47.7 Å². The second kappa shape index (κ2) is 8.89. The van der Waals surface area contributed by atoms with E-state index in [1.807, 2.05) is 32.0 Å². The number of fused-ring (bicyclic) bond motifs is 1. The number of anilines is 1. The summed E-state index contributed by atoms with van der Waals surface area (Å²) in [7, 11) is 1.59. The zero-order valence-corrected chi connectivity index (χ0v) is 16.5. The molecule has 0 unspecified atom stereocenters. The fourth-order valence-electron chi connectivity index (χ4n) is 3.32. The summed E-state index contributed by atoms with van der Waals surface area (Å²) >= 11 is 0. The zero-order valence-electron chi connectivity index (χ0n) is 16.5. The van der Waals surface area contributed by atoms with Crippen LogP contribution < -0.4 is 20.7 Å². The molecule has 0 spiro atoms. The van der Waals surface area contributed by atoms with Crippen LogP contribution in [0, 0.1) is 5.92 Å². The molecule has 2 aromatic carbocycles. The summed E-state index contributed by atoms with van der Waals surface area (Å²) in [6.45, 7) is 4.49. The molecule has 2 atom stereocenters. The highest BCUT2D eigenvalue weighted by Gasteiger charge is 2.29. The van der Waals surface area contributed by atoms with E-state index in [0.717, 1.165) is 5.75 Å². The minimum atomic E-state index is -0.617. The van der Waals surface area contributed by atoms with Gasteiger partial charge in [0.2, 0.25) is 11.8 Å². The molecule has 2 amide bonds. The Morgan fingerprint density at radius 3 is 2.39 bits per heavy atom. The number of carbonyl (C=O) groups is 2. The van der Waals surface area contributed by atoms with Gasteiger partial charge in [0.05, 0.1) is 13.2 Å². The van der Waals surface area contributed by atoms with Gasteiger partial charge in [-0.25, -0.2) is 0 Å². The van der Waals surface area contributed by atoms with Gasteiger partial charge in [-0.1, -0.05) is 38.1 Å². The number of hydrogen-bond acceptors (Lipinski definition) is 4. The van der Waals surface area contributed by atoms with Crippen molar-refractivity contribution in [3.05, 3.63) is 59.7 Å². The molecule has 2 aromatic rings. The van der Waals surface area contributed by atoms with E-state index < -0.39 is 6.04 Å². The Labute approximate surface area is 165 Å². The fourth-order valence-corrected chi connectivity index (χ4v) is 3.32. The van der Waals surface area contributed by atoms with Gasteiger partial charge in [0.25, 0.3) is 0 Å². The molecule has 0 saturated carbocycles. The van der Waals surface area contributed by atoms with Gasteiger partial charge < -0.3 is 20.7 Å². The molecule has 148 valence electrons. The Balaban J connectivity index is 1.63. The number of methoxy groups -OCH3 is 1. The second-order valence-corrected chi connectivity index (χ2v) is 7.35. The van der Waals surface area contributed by atoms with Crippen LogP contribution in [0.5, 0.6) is 5.75 Å². The Morgan fingerprint density at radius 1 is 1.07 bits per heavy atom. The second-order valence-electron chi connectivity index (χ2n) is 7.35. The van der Waals surface area contributed by atoms with Gasteiger partial charge in [0.15, 0.2) is 0 Å².